The summed E-state index contributed by atoms with van der Waals surface area (Å²) in [7, 11) is 0. The van der Waals surface area contributed by atoms with Crippen LogP contribution in [-0.4, -0.2) is 49.1 Å². The Labute approximate surface area is 141 Å². The summed E-state index contributed by atoms with van der Waals surface area (Å²) in [5, 5.41) is 2.95. The number of rotatable bonds is 4. The van der Waals surface area contributed by atoms with Gasteiger partial charge >= 0.3 is 0 Å². The molecule has 0 radical (unpaired) electrons. The van der Waals surface area contributed by atoms with E-state index in [2.05, 4.69) is 5.32 Å². The summed E-state index contributed by atoms with van der Waals surface area (Å²) in [5.74, 6) is -0.713. The maximum Gasteiger partial charge on any atom is 0.253 e. The summed E-state index contributed by atoms with van der Waals surface area (Å²) in [5.41, 5.74) is 0.455. The Hall–Kier alpha value is -1.95. The van der Waals surface area contributed by atoms with Crippen LogP contribution in [0.4, 0.5) is 4.39 Å². The van der Waals surface area contributed by atoms with Crippen LogP contribution >= 0.6 is 0 Å². The first-order valence-electron chi connectivity index (χ1n) is 8.57. The number of carbonyl (C=O) groups excluding carboxylic acids is 2. The second kappa shape index (κ2) is 7.75. The van der Waals surface area contributed by atoms with Crippen molar-refractivity contribution in [3.63, 3.8) is 0 Å². The molecule has 1 aromatic carbocycles. The Morgan fingerprint density at radius 3 is 2.71 bits per heavy atom. The van der Waals surface area contributed by atoms with Crippen LogP contribution in [0.25, 0.3) is 0 Å². The number of ether oxygens (including phenoxy) is 1. The summed E-state index contributed by atoms with van der Waals surface area (Å²) < 4.78 is 18.5. The lowest BCUT2D eigenvalue weighted by Crippen LogP contribution is -2.46. The fraction of sp³-hybridized carbons (Fsp3) is 0.556. The third-order valence-electron chi connectivity index (χ3n) is 4.70. The van der Waals surface area contributed by atoms with E-state index in [0.717, 1.165) is 32.3 Å². The molecule has 3 rings (SSSR count). The summed E-state index contributed by atoms with van der Waals surface area (Å²) in [6.45, 7) is 2.35. The molecule has 2 atom stereocenters. The van der Waals surface area contributed by atoms with Gasteiger partial charge in [-0.25, -0.2) is 4.39 Å². The molecule has 2 heterocycles. The van der Waals surface area contributed by atoms with Gasteiger partial charge in [-0.2, -0.15) is 0 Å². The van der Waals surface area contributed by atoms with E-state index in [9.17, 15) is 14.0 Å². The van der Waals surface area contributed by atoms with Crippen molar-refractivity contribution < 1.29 is 18.7 Å². The number of nitrogens with zero attached hydrogens (tertiary/aromatic N) is 1. The molecule has 0 spiro atoms. The van der Waals surface area contributed by atoms with Crippen molar-refractivity contribution in [2.45, 2.75) is 31.8 Å². The fourth-order valence-electron chi connectivity index (χ4n) is 3.31. The topological polar surface area (TPSA) is 58.6 Å². The van der Waals surface area contributed by atoms with E-state index >= 15 is 0 Å². The number of likely N-dealkylation sites (tertiary alicyclic amines) is 1. The largest absolute Gasteiger partial charge is 0.376 e. The standard InChI is InChI=1S/C18H23FN2O3/c19-15-7-5-13(6-8-15)18(23)21-9-1-3-14(12-21)17(22)20-11-16-4-2-10-24-16/h5-8,14,16H,1-4,9-12H2,(H,20,22)/t14-,16+/m0/s1. The molecule has 5 nitrogen and oxygen atoms in total. The van der Waals surface area contributed by atoms with E-state index in [-0.39, 0.29) is 29.7 Å². The molecule has 0 bridgehead atoms. The monoisotopic (exact) mass is 334 g/mol. The van der Waals surface area contributed by atoms with E-state index in [1.807, 2.05) is 0 Å². The molecule has 2 amide bonds. The normalized spacial score (nSPS) is 24.0. The second-order valence-electron chi connectivity index (χ2n) is 6.48. The number of benzene rings is 1. The number of hydrogen-bond donors (Lipinski definition) is 1. The Morgan fingerprint density at radius 2 is 2.00 bits per heavy atom. The average Bonchev–Trinajstić information content (AvgIpc) is 3.13. The molecule has 2 aliphatic rings. The van der Waals surface area contributed by atoms with E-state index < -0.39 is 0 Å². The highest BCUT2D eigenvalue weighted by atomic mass is 19.1. The van der Waals surface area contributed by atoms with Gasteiger partial charge < -0.3 is 15.0 Å². The zero-order valence-electron chi connectivity index (χ0n) is 13.7. The van der Waals surface area contributed by atoms with Crippen molar-refractivity contribution in [1.82, 2.24) is 10.2 Å². The molecule has 2 aliphatic heterocycles. The van der Waals surface area contributed by atoms with E-state index in [0.29, 0.717) is 25.2 Å². The first-order chi connectivity index (χ1) is 11.6. The van der Waals surface area contributed by atoms with Gasteiger partial charge in [-0.1, -0.05) is 0 Å². The number of hydrogen-bond acceptors (Lipinski definition) is 3. The van der Waals surface area contributed by atoms with Crippen molar-refractivity contribution in [2.75, 3.05) is 26.2 Å². The van der Waals surface area contributed by atoms with Crippen LogP contribution in [0.1, 0.15) is 36.0 Å². The van der Waals surface area contributed by atoms with E-state index in [4.69, 9.17) is 4.74 Å². The molecule has 0 aliphatic carbocycles. The van der Waals surface area contributed by atoms with Gasteiger partial charge in [-0.15, -0.1) is 0 Å². The van der Waals surface area contributed by atoms with E-state index in [1.165, 1.54) is 24.3 Å². The minimum Gasteiger partial charge on any atom is -0.376 e. The lowest BCUT2D eigenvalue weighted by molar-refractivity contribution is -0.126. The maximum atomic E-state index is 13.0. The number of carbonyl (C=O) groups is 2. The Kier molecular flexibility index (Phi) is 5.45. The van der Waals surface area contributed by atoms with Crippen molar-refractivity contribution in [3.05, 3.63) is 35.6 Å². The number of halogens is 1. The molecule has 2 saturated heterocycles. The number of amides is 2. The van der Waals surface area contributed by atoms with Gasteiger partial charge in [0.2, 0.25) is 5.91 Å². The van der Waals surface area contributed by atoms with Crippen molar-refractivity contribution in [1.29, 1.82) is 0 Å². The Morgan fingerprint density at radius 1 is 1.21 bits per heavy atom. The first-order valence-corrected chi connectivity index (χ1v) is 8.57. The van der Waals surface area contributed by atoms with Crippen LogP contribution in [0.5, 0.6) is 0 Å². The second-order valence-corrected chi connectivity index (χ2v) is 6.48. The molecule has 0 unspecified atom stereocenters. The molecule has 1 N–H and O–H groups in total. The number of piperidine rings is 1. The molecule has 6 heteroatoms. The summed E-state index contributed by atoms with van der Waals surface area (Å²) in [6.07, 6.45) is 3.73. The fourth-order valence-corrected chi connectivity index (χ4v) is 3.31. The third-order valence-corrected chi connectivity index (χ3v) is 4.70. The van der Waals surface area contributed by atoms with Crippen molar-refractivity contribution in [3.8, 4) is 0 Å². The van der Waals surface area contributed by atoms with Crippen molar-refractivity contribution in [2.24, 2.45) is 5.92 Å². The summed E-state index contributed by atoms with van der Waals surface area (Å²) in [4.78, 5) is 26.5. The lowest BCUT2D eigenvalue weighted by atomic mass is 9.96. The Balaban J connectivity index is 1.54. The molecule has 2 fully saturated rings. The van der Waals surface area contributed by atoms with Crippen molar-refractivity contribution >= 4 is 11.8 Å². The first kappa shape index (κ1) is 16.9. The van der Waals surface area contributed by atoms with Gasteiger partial charge in [0.1, 0.15) is 5.82 Å². The predicted molar refractivity (Wildman–Crippen MR) is 87.0 cm³/mol. The van der Waals surface area contributed by atoms with Gasteiger partial charge in [-0.3, -0.25) is 9.59 Å². The molecule has 130 valence electrons. The van der Waals surface area contributed by atoms with Gasteiger partial charge in [0.15, 0.2) is 0 Å². The zero-order valence-corrected chi connectivity index (χ0v) is 13.7. The molecule has 0 aromatic heterocycles. The van der Waals surface area contributed by atoms with Crippen LogP contribution in [0, 0.1) is 11.7 Å². The van der Waals surface area contributed by atoms with Crippen LogP contribution in [-0.2, 0) is 9.53 Å². The quantitative estimate of drug-likeness (QED) is 0.916. The minimum atomic E-state index is -0.364. The van der Waals surface area contributed by atoms with Gasteiger partial charge in [-0.05, 0) is 49.9 Å². The molecular weight excluding hydrogens is 311 g/mol. The average molecular weight is 334 g/mol. The third kappa shape index (κ3) is 4.12. The van der Waals surface area contributed by atoms with Gasteiger partial charge in [0, 0.05) is 31.8 Å². The van der Waals surface area contributed by atoms with Crippen LogP contribution in [0.15, 0.2) is 24.3 Å². The molecule has 0 saturated carbocycles. The predicted octanol–water partition coefficient (Wildman–Crippen LogP) is 1.97. The van der Waals surface area contributed by atoms with Gasteiger partial charge in [0.05, 0.1) is 12.0 Å². The van der Waals surface area contributed by atoms with Crippen LogP contribution < -0.4 is 5.32 Å². The molecular formula is C18H23FN2O3. The molecule has 1 aromatic rings. The van der Waals surface area contributed by atoms with Crippen LogP contribution in [0.3, 0.4) is 0 Å². The highest BCUT2D eigenvalue weighted by Gasteiger charge is 2.29. The summed E-state index contributed by atoms with van der Waals surface area (Å²) >= 11 is 0. The van der Waals surface area contributed by atoms with Crippen LogP contribution in [0.2, 0.25) is 0 Å². The minimum absolute atomic E-state index is 0.0119. The van der Waals surface area contributed by atoms with Gasteiger partial charge in [0.25, 0.3) is 5.91 Å². The SMILES string of the molecule is O=C(NC[C@H]1CCCO1)[C@H]1CCCN(C(=O)c2ccc(F)cc2)C1. The smallest absolute Gasteiger partial charge is 0.253 e. The maximum absolute atomic E-state index is 13.0. The zero-order chi connectivity index (χ0) is 16.9. The lowest BCUT2D eigenvalue weighted by Gasteiger charge is -2.32. The van der Waals surface area contributed by atoms with E-state index in [1.54, 1.807) is 4.90 Å². The molecule has 24 heavy (non-hydrogen) atoms. The highest BCUT2D eigenvalue weighted by Crippen LogP contribution is 2.19. The summed E-state index contributed by atoms with van der Waals surface area (Å²) in [6, 6.07) is 5.53. The highest BCUT2D eigenvalue weighted by molar-refractivity contribution is 5.94. The number of nitrogens with one attached hydrogen (secondary N) is 1. The Bertz CT molecular complexity index is 584.